The van der Waals surface area contributed by atoms with E-state index in [2.05, 4.69) is 5.32 Å². The molecule has 6 nitrogen and oxygen atoms in total. The molecular weight excluding hydrogens is 262 g/mol. The Morgan fingerprint density at radius 2 is 2.35 bits per heavy atom. The van der Waals surface area contributed by atoms with Gasteiger partial charge in [0.15, 0.2) is 0 Å². The molecule has 2 N–H and O–H groups in total. The molecule has 1 unspecified atom stereocenters. The van der Waals surface area contributed by atoms with Crippen LogP contribution in [0.1, 0.15) is 19.4 Å². The number of aliphatic hydroxyl groups is 1. The molecule has 0 saturated carbocycles. The molecule has 0 bridgehead atoms. The molecule has 0 fully saturated rings. The molecule has 1 aromatic rings. The lowest BCUT2D eigenvalue weighted by molar-refractivity contribution is 0.131. The second kappa shape index (κ2) is 6.47. The number of hydrogen-bond acceptors (Lipinski definition) is 5. The molecule has 0 aliphatic carbocycles. The third kappa shape index (κ3) is 3.33. The van der Waals surface area contributed by atoms with Crippen LogP contribution in [0.15, 0.2) is 12.1 Å². The third-order valence-electron chi connectivity index (χ3n) is 2.86. The number of rotatable bonds is 5. The van der Waals surface area contributed by atoms with Crippen LogP contribution in [0, 0.1) is 0 Å². The van der Waals surface area contributed by atoms with E-state index in [0.717, 1.165) is 17.7 Å². The van der Waals surface area contributed by atoms with Crippen molar-refractivity contribution in [3.05, 3.63) is 17.7 Å². The minimum absolute atomic E-state index is 0.0473. The van der Waals surface area contributed by atoms with Crippen molar-refractivity contribution in [2.45, 2.75) is 26.4 Å². The first-order valence-corrected chi connectivity index (χ1v) is 6.65. The Morgan fingerprint density at radius 1 is 1.55 bits per heavy atom. The quantitative estimate of drug-likeness (QED) is 0.862. The number of aliphatic hydroxyl groups excluding tert-OH is 1. The van der Waals surface area contributed by atoms with Gasteiger partial charge in [0.05, 0.1) is 18.9 Å². The molecule has 1 aromatic carbocycles. The van der Waals surface area contributed by atoms with Crippen LogP contribution < -0.4 is 14.8 Å². The number of amides is 1. The lowest BCUT2D eigenvalue weighted by Gasteiger charge is -2.13. The molecule has 1 amide bonds. The Balaban J connectivity index is 2.18. The Bertz CT molecular complexity index is 489. The van der Waals surface area contributed by atoms with Crippen molar-refractivity contribution in [3.8, 4) is 11.5 Å². The van der Waals surface area contributed by atoms with Crippen molar-refractivity contribution in [1.82, 2.24) is 0 Å². The van der Waals surface area contributed by atoms with Gasteiger partial charge in [0.1, 0.15) is 24.2 Å². The zero-order chi connectivity index (χ0) is 14.5. The minimum Gasteiger partial charge on any atom is -0.492 e. The Hall–Kier alpha value is -1.95. The van der Waals surface area contributed by atoms with Crippen molar-refractivity contribution >= 4 is 11.8 Å². The van der Waals surface area contributed by atoms with Gasteiger partial charge in [-0.2, -0.15) is 0 Å². The maximum absolute atomic E-state index is 11.6. The molecule has 20 heavy (non-hydrogen) atoms. The molecule has 1 heterocycles. The van der Waals surface area contributed by atoms with E-state index in [1.807, 2.05) is 19.9 Å². The van der Waals surface area contributed by atoms with E-state index in [1.54, 1.807) is 6.07 Å². The number of nitrogens with one attached hydrogen (secondary N) is 1. The van der Waals surface area contributed by atoms with Crippen molar-refractivity contribution in [3.63, 3.8) is 0 Å². The van der Waals surface area contributed by atoms with E-state index < -0.39 is 6.09 Å². The number of carbonyl (C=O) groups excluding carboxylic acids is 1. The second-order valence-electron chi connectivity index (χ2n) is 4.51. The van der Waals surface area contributed by atoms with E-state index in [4.69, 9.17) is 19.3 Å². The first-order chi connectivity index (χ1) is 9.63. The van der Waals surface area contributed by atoms with Gasteiger partial charge in [-0.15, -0.1) is 0 Å². The van der Waals surface area contributed by atoms with Gasteiger partial charge < -0.3 is 19.3 Å². The smallest absolute Gasteiger partial charge is 0.411 e. The van der Waals surface area contributed by atoms with Crippen LogP contribution in [0.25, 0.3) is 0 Å². The van der Waals surface area contributed by atoms with E-state index >= 15 is 0 Å². The highest BCUT2D eigenvalue weighted by Gasteiger charge is 2.22. The summed E-state index contributed by atoms with van der Waals surface area (Å²) in [6.07, 6.45) is 0.312. The van der Waals surface area contributed by atoms with Gasteiger partial charge in [0.25, 0.3) is 0 Å². The lowest BCUT2D eigenvalue weighted by Crippen LogP contribution is -2.16. The van der Waals surface area contributed by atoms with Crippen LogP contribution in [0.3, 0.4) is 0 Å². The zero-order valence-corrected chi connectivity index (χ0v) is 11.6. The number of hydrogen-bond donors (Lipinski definition) is 2. The van der Waals surface area contributed by atoms with Gasteiger partial charge in [0, 0.05) is 18.1 Å². The largest absolute Gasteiger partial charge is 0.492 e. The van der Waals surface area contributed by atoms with E-state index in [-0.39, 0.29) is 19.3 Å². The molecule has 1 atom stereocenters. The van der Waals surface area contributed by atoms with Crippen molar-refractivity contribution in [2.75, 3.05) is 25.1 Å². The molecule has 1 aliphatic heterocycles. The Labute approximate surface area is 117 Å². The van der Waals surface area contributed by atoms with Crippen LogP contribution in [-0.4, -0.2) is 37.1 Å². The first-order valence-electron chi connectivity index (χ1n) is 6.65. The van der Waals surface area contributed by atoms with Crippen molar-refractivity contribution in [2.24, 2.45) is 0 Å². The zero-order valence-electron chi connectivity index (χ0n) is 11.6. The number of benzene rings is 1. The summed E-state index contributed by atoms with van der Waals surface area (Å²) in [5.41, 5.74) is 1.57. The molecule has 2 rings (SSSR count). The highest BCUT2D eigenvalue weighted by molar-refractivity contribution is 5.87. The van der Waals surface area contributed by atoms with Gasteiger partial charge in [-0.25, -0.2) is 4.79 Å². The topological polar surface area (TPSA) is 77.0 Å². The summed E-state index contributed by atoms with van der Waals surface area (Å²) in [5.74, 6) is 1.34. The Morgan fingerprint density at radius 3 is 3.05 bits per heavy atom. The molecular formula is C14H19NO5. The van der Waals surface area contributed by atoms with E-state index in [9.17, 15) is 4.79 Å². The van der Waals surface area contributed by atoms with Crippen LogP contribution in [0.2, 0.25) is 0 Å². The fourth-order valence-electron chi connectivity index (χ4n) is 2.10. The standard InChI is InChI=1S/C14H19NO5/c1-3-18-13-7-10-6-9(2)20-12(10)8-11(13)15-14(17)19-5-4-16/h7-9,16H,3-6H2,1-2H3,(H,15,17). The predicted molar refractivity (Wildman–Crippen MR) is 73.5 cm³/mol. The number of carbonyl (C=O) groups is 1. The molecule has 0 spiro atoms. The number of anilines is 1. The third-order valence-corrected chi connectivity index (χ3v) is 2.86. The maximum Gasteiger partial charge on any atom is 0.411 e. The summed E-state index contributed by atoms with van der Waals surface area (Å²) in [6, 6.07) is 3.62. The summed E-state index contributed by atoms with van der Waals surface area (Å²) >= 11 is 0. The summed E-state index contributed by atoms with van der Waals surface area (Å²) in [7, 11) is 0. The van der Waals surface area contributed by atoms with Gasteiger partial charge in [0.2, 0.25) is 0 Å². The average Bonchev–Trinajstić information content (AvgIpc) is 2.76. The van der Waals surface area contributed by atoms with E-state index in [1.165, 1.54) is 0 Å². The highest BCUT2D eigenvalue weighted by atomic mass is 16.6. The van der Waals surface area contributed by atoms with Crippen molar-refractivity contribution in [1.29, 1.82) is 0 Å². The van der Waals surface area contributed by atoms with Crippen molar-refractivity contribution < 1.29 is 24.1 Å². The monoisotopic (exact) mass is 281 g/mol. The average molecular weight is 281 g/mol. The van der Waals surface area contributed by atoms with Crippen LogP contribution in [-0.2, 0) is 11.2 Å². The van der Waals surface area contributed by atoms with Gasteiger partial charge >= 0.3 is 6.09 Å². The normalized spacial score (nSPS) is 16.2. The van der Waals surface area contributed by atoms with Gasteiger partial charge in [-0.05, 0) is 19.9 Å². The molecule has 6 heteroatoms. The molecule has 0 saturated heterocycles. The fraction of sp³-hybridized carbons (Fsp3) is 0.500. The van der Waals surface area contributed by atoms with Gasteiger partial charge in [-0.1, -0.05) is 0 Å². The van der Waals surface area contributed by atoms with Crippen LogP contribution in [0.4, 0.5) is 10.5 Å². The second-order valence-corrected chi connectivity index (χ2v) is 4.51. The number of fused-ring (bicyclic) bond motifs is 1. The summed E-state index contributed by atoms with van der Waals surface area (Å²) in [5, 5.41) is 11.2. The summed E-state index contributed by atoms with van der Waals surface area (Å²) < 4.78 is 16.0. The maximum atomic E-state index is 11.6. The van der Waals surface area contributed by atoms with Crippen LogP contribution >= 0.6 is 0 Å². The van der Waals surface area contributed by atoms with E-state index in [0.29, 0.717) is 18.0 Å². The molecule has 1 aliphatic rings. The molecule has 0 radical (unpaired) electrons. The fourth-order valence-corrected chi connectivity index (χ4v) is 2.10. The Kier molecular flexibility index (Phi) is 4.68. The molecule has 110 valence electrons. The van der Waals surface area contributed by atoms with Gasteiger partial charge in [-0.3, -0.25) is 5.32 Å². The predicted octanol–water partition coefficient (Wildman–Crippen LogP) is 1.95. The summed E-state index contributed by atoms with van der Waals surface area (Å²) in [4.78, 5) is 11.6. The first kappa shape index (κ1) is 14.5. The highest BCUT2D eigenvalue weighted by Crippen LogP contribution is 2.38. The summed E-state index contributed by atoms with van der Waals surface area (Å²) in [6.45, 7) is 4.10. The molecule has 0 aromatic heterocycles. The SMILES string of the molecule is CCOc1cc2c(cc1NC(=O)OCCO)OC(C)C2. The minimum atomic E-state index is -0.633. The number of ether oxygens (including phenoxy) is 3. The van der Waals surface area contributed by atoms with Crippen LogP contribution in [0.5, 0.6) is 11.5 Å². The lowest BCUT2D eigenvalue weighted by atomic mass is 10.1.